The van der Waals surface area contributed by atoms with Gasteiger partial charge in [-0.3, -0.25) is 0 Å². The number of benzene rings is 1. The highest BCUT2D eigenvalue weighted by atomic mass is 32.1. The van der Waals surface area contributed by atoms with Gasteiger partial charge in [-0.15, -0.1) is 11.3 Å². The molecular formula is C12H6F2N2S. The molecule has 0 radical (unpaired) electrons. The van der Waals surface area contributed by atoms with Gasteiger partial charge < -0.3 is 0 Å². The molecule has 2 nitrogen and oxygen atoms in total. The summed E-state index contributed by atoms with van der Waals surface area (Å²) in [5, 5.41) is 2.68. The topological polar surface area (TPSA) is 25.8 Å². The molecular weight excluding hydrogens is 242 g/mol. The minimum Gasteiger partial charge on any atom is -0.236 e. The molecule has 0 saturated carbocycles. The fourth-order valence-electron chi connectivity index (χ4n) is 1.71. The van der Waals surface area contributed by atoms with E-state index in [9.17, 15) is 8.78 Å². The second kappa shape index (κ2) is 3.85. The molecule has 0 aliphatic carbocycles. The molecule has 0 aliphatic rings. The number of thiophene rings is 1. The summed E-state index contributed by atoms with van der Waals surface area (Å²) in [7, 11) is 0. The summed E-state index contributed by atoms with van der Waals surface area (Å²) in [6.45, 7) is 0. The molecule has 0 saturated heterocycles. The number of rotatable bonds is 1. The van der Waals surface area contributed by atoms with Gasteiger partial charge in [-0.2, -0.15) is 0 Å². The molecule has 2 heterocycles. The molecule has 5 heteroatoms. The Balaban J connectivity index is 2.30. The minimum atomic E-state index is -0.609. The third-order valence-electron chi connectivity index (χ3n) is 2.40. The van der Waals surface area contributed by atoms with Crippen molar-refractivity contribution in [1.29, 1.82) is 0 Å². The van der Waals surface area contributed by atoms with Crippen molar-refractivity contribution in [3.63, 3.8) is 0 Å². The van der Waals surface area contributed by atoms with Gasteiger partial charge in [0.2, 0.25) is 0 Å². The van der Waals surface area contributed by atoms with Crippen LogP contribution in [0.15, 0.2) is 36.0 Å². The highest BCUT2D eigenvalue weighted by Gasteiger charge is 2.09. The van der Waals surface area contributed by atoms with E-state index in [0.717, 1.165) is 16.3 Å². The number of hydrogen-bond donors (Lipinski definition) is 0. The van der Waals surface area contributed by atoms with E-state index in [4.69, 9.17) is 0 Å². The molecule has 3 rings (SSSR count). The maximum atomic E-state index is 13.2. The zero-order valence-corrected chi connectivity index (χ0v) is 9.34. The van der Waals surface area contributed by atoms with Crippen LogP contribution in [0.4, 0.5) is 8.78 Å². The van der Waals surface area contributed by atoms with Crippen LogP contribution in [0.3, 0.4) is 0 Å². The molecule has 0 fully saturated rings. The van der Waals surface area contributed by atoms with Gasteiger partial charge in [0.1, 0.15) is 22.8 Å². The van der Waals surface area contributed by atoms with Gasteiger partial charge in [0.15, 0.2) is 0 Å². The summed E-state index contributed by atoms with van der Waals surface area (Å²) in [5.74, 6) is -1.22. The van der Waals surface area contributed by atoms with Crippen LogP contribution in [0.5, 0.6) is 0 Å². The Morgan fingerprint density at radius 1 is 1.00 bits per heavy atom. The normalized spacial score (nSPS) is 10.9. The van der Waals surface area contributed by atoms with Crippen LogP contribution in [-0.4, -0.2) is 9.97 Å². The van der Waals surface area contributed by atoms with Crippen LogP contribution >= 0.6 is 11.3 Å². The van der Waals surface area contributed by atoms with Crippen molar-refractivity contribution in [2.45, 2.75) is 0 Å². The number of aromatic nitrogens is 2. The summed E-state index contributed by atoms with van der Waals surface area (Å²) in [4.78, 5) is 8.99. The van der Waals surface area contributed by atoms with Crippen LogP contribution in [0.2, 0.25) is 0 Å². The Morgan fingerprint density at radius 2 is 1.76 bits per heavy atom. The summed E-state index contributed by atoms with van der Waals surface area (Å²) < 4.78 is 26.3. The van der Waals surface area contributed by atoms with Gasteiger partial charge in [-0.25, -0.2) is 18.7 Å². The van der Waals surface area contributed by atoms with Crippen molar-refractivity contribution in [3.05, 3.63) is 47.6 Å². The number of nitrogens with zero attached hydrogens (tertiary/aromatic N) is 2. The van der Waals surface area contributed by atoms with Gasteiger partial charge in [0.05, 0.1) is 5.69 Å². The highest BCUT2D eigenvalue weighted by Crippen LogP contribution is 2.29. The lowest BCUT2D eigenvalue weighted by Crippen LogP contribution is -1.88. The number of hydrogen-bond acceptors (Lipinski definition) is 3. The van der Waals surface area contributed by atoms with E-state index in [1.165, 1.54) is 29.8 Å². The van der Waals surface area contributed by atoms with Crippen LogP contribution in [0.1, 0.15) is 0 Å². The lowest BCUT2D eigenvalue weighted by atomic mass is 10.1. The van der Waals surface area contributed by atoms with Crippen LogP contribution in [0, 0.1) is 11.6 Å². The molecule has 3 aromatic rings. The Hall–Kier alpha value is -1.88. The van der Waals surface area contributed by atoms with E-state index in [0.29, 0.717) is 11.3 Å². The second-order valence-electron chi connectivity index (χ2n) is 3.52. The number of fused-ring (bicyclic) bond motifs is 1. The molecule has 0 spiro atoms. The molecule has 1 aromatic carbocycles. The van der Waals surface area contributed by atoms with Crippen LogP contribution in [-0.2, 0) is 0 Å². The fourth-order valence-corrected chi connectivity index (χ4v) is 2.44. The second-order valence-corrected chi connectivity index (χ2v) is 4.41. The van der Waals surface area contributed by atoms with E-state index in [1.807, 2.05) is 11.4 Å². The maximum Gasteiger partial charge on any atom is 0.127 e. The summed E-state index contributed by atoms with van der Waals surface area (Å²) in [6.07, 6.45) is 1.40. The van der Waals surface area contributed by atoms with Crippen molar-refractivity contribution in [3.8, 4) is 11.3 Å². The lowest BCUT2D eigenvalue weighted by Gasteiger charge is -2.02. The standard InChI is InChI=1S/C12H6F2N2S/c13-8-3-7(4-9(14)5-8)11-10-1-2-17-12(10)16-6-15-11/h1-6H. The van der Waals surface area contributed by atoms with Gasteiger partial charge in [-0.05, 0) is 23.6 Å². The van der Waals surface area contributed by atoms with Crippen LogP contribution < -0.4 is 0 Å². The average molecular weight is 248 g/mol. The number of halogens is 2. The first-order valence-electron chi connectivity index (χ1n) is 4.89. The molecule has 0 unspecified atom stereocenters. The first kappa shape index (κ1) is 10.3. The van der Waals surface area contributed by atoms with Gasteiger partial charge in [0, 0.05) is 17.0 Å². The molecule has 84 valence electrons. The zero-order valence-electron chi connectivity index (χ0n) is 8.52. The van der Waals surface area contributed by atoms with Gasteiger partial charge >= 0.3 is 0 Å². The Bertz CT molecular complexity index is 674. The largest absolute Gasteiger partial charge is 0.236 e. The SMILES string of the molecule is Fc1cc(F)cc(-c2ncnc3sccc23)c1. The summed E-state index contributed by atoms with van der Waals surface area (Å²) in [5.41, 5.74) is 0.975. The van der Waals surface area contributed by atoms with Crippen molar-refractivity contribution in [1.82, 2.24) is 9.97 Å². The molecule has 2 aromatic heterocycles. The third kappa shape index (κ3) is 1.78. The Kier molecular flexibility index (Phi) is 2.33. The van der Waals surface area contributed by atoms with E-state index in [2.05, 4.69) is 9.97 Å². The molecule has 17 heavy (non-hydrogen) atoms. The van der Waals surface area contributed by atoms with Crippen molar-refractivity contribution >= 4 is 21.6 Å². The quantitative estimate of drug-likeness (QED) is 0.657. The molecule has 0 aliphatic heterocycles. The van der Waals surface area contributed by atoms with E-state index in [1.54, 1.807) is 0 Å². The smallest absolute Gasteiger partial charge is 0.127 e. The van der Waals surface area contributed by atoms with E-state index < -0.39 is 11.6 Å². The molecule has 0 N–H and O–H groups in total. The third-order valence-corrected chi connectivity index (χ3v) is 3.22. The van der Waals surface area contributed by atoms with Gasteiger partial charge in [-0.1, -0.05) is 0 Å². The van der Waals surface area contributed by atoms with Gasteiger partial charge in [0.25, 0.3) is 0 Å². The average Bonchev–Trinajstić information content (AvgIpc) is 2.75. The summed E-state index contributed by atoms with van der Waals surface area (Å²) >= 11 is 1.47. The van der Waals surface area contributed by atoms with E-state index in [-0.39, 0.29) is 0 Å². The van der Waals surface area contributed by atoms with Crippen LogP contribution in [0.25, 0.3) is 21.5 Å². The van der Waals surface area contributed by atoms with E-state index >= 15 is 0 Å². The first-order chi connectivity index (χ1) is 8.24. The van der Waals surface area contributed by atoms with Crippen molar-refractivity contribution in [2.75, 3.05) is 0 Å². The monoisotopic (exact) mass is 248 g/mol. The Morgan fingerprint density at radius 3 is 2.53 bits per heavy atom. The molecule has 0 amide bonds. The minimum absolute atomic E-state index is 0.424. The lowest BCUT2D eigenvalue weighted by molar-refractivity contribution is 0.584. The molecule has 0 atom stereocenters. The fraction of sp³-hybridized carbons (Fsp3) is 0. The maximum absolute atomic E-state index is 13.2. The first-order valence-corrected chi connectivity index (χ1v) is 5.77. The highest BCUT2D eigenvalue weighted by molar-refractivity contribution is 7.16. The Labute approximate surface area is 99.6 Å². The van der Waals surface area contributed by atoms with Crippen molar-refractivity contribution in [2.24, 2.45) is 0 Å². The molecule has 0 bridgehead atoms. The predicted octanol–water partition coefficient (Wildman–Crippen LogP) is 3.64. The predicted molar refractivity (Wildman–Crippen MR) is 62.8 cm³/mol. The zero-order chi connectivity index (χ0) is 11.8. The summed E-state index contributed by atoms with van der Waals surface area (Å²) in [6, 6.07) is 5.22. The van der Waals surface area contributed by atoms with Crippen molar-refractivity contribution < 1.29 is 8.78 Å².